The molecule has 3 heteroatoms. The summed E-state index contributed by atoms with van der Waals surface area (Å²) in [6.45, 7) is 6.40. The first-order valence-electron chi connectivity index (χ1n) is 3.49. The molecule has 0 aromatic rings. The minimum Gasteiger partial charge on any atom is -0.462 e. The Morgan fingerprint density at radius 1 is 1.60 bits per heavy atom. The van der Waals surface area contributed by atoms with Gasteiger partial charge in [-0.2, -0.15) is 0 Å². The van der Waals surface area contributed by atoms with Gasteiger partial charge in [0.05, 0.1) is 6.10 Å². The molecule has 10 heavy (non-hydrogen) atoms. The van der Waals surface area contributed by atoms with Crippen LogP contribution in [0.5, 0.6) is 0 Å². The number of carbonyl (C=O) groups is 1. The highest BCUT2D eigenvalue weighted by Crippen LogP contribution is 1.87. The Kier molecular flexibility index (Phi) is 4.94. The van der Waals surface area contributed by atoms with E-state index in [4.69, 9.17) is 4.74 Å². The second-order valence-electron chi connectivity index (χ2n) is 2.24. The van der Waals surface area contributed by atoms with Crippen molar-refractivity contribution in [1.82, 2.24) is 5.32 Å². The van der Waals surface area contributed by atoms with Crippen molar-refractivity contribution in [3.8, 4) is 0 Å². The number of likely N-dealkylation sites (N-methyl/N-ethyl adjacent to an activating group) is 1. The van der Waals surface area contributed by atoms with E-state index in [9.17, 15) is 4.79 Å². The lowest BCUT2D eigenvalue weighted by atomic mass is 10.5. The maximum Gasteiger partial charge on any atom is 0.321 e. The Morgan fingerprint density at radius 3 is 2.60 bits per heavy atom. The summed E-state index contributed by atoms with van der Waals surface area (Å²) in [5, 5.41) is 3.85. The van der Waals surface area contributed by atoms with Gasteiger partial charge in [-0.15, -0.1) is 0 Å². The van der Waals surface area contributed by atoms with Crippen molar-refractivity contribution in [3.05, 3.63) is 0 Å². The predicted octanol–water partition coefficient (Wildman–Crippen LogP) is 0.562. The summed E-state index contributed by atoms with van der Waals surface area (Å²) in [6.07, 6.45) is -0.0282. The molecule has 0 rings (SSSR count). The molecule has 0 saturated heterocycles. The van der Waals surface area contributed by atoms with Crippen LogP contribution in [0.25, 0.3) is 0 Å². The fourth-order valence-corrected chi connectivity index (χ4v) is 0.503. The lowest BCUT2D eigenvalue weighted by molar-refractivity contribution is -0.146. The molecule has 0 bridgehead atoms. The number of hydrogen-bond acceptors (Lipinski definition) is 2. The standard InChI is InChI=1S/C7H14NO2/c1-4-8-5-7(9)10-6(2)3/h6H,4-5H2,1-3H3. The van der Waals surface area contributed by atoms with Crippen LogP contribution in [-0.2, 0) is 9.53 Å². The molecule has 0 aliphatic heterocycles. The van der Waals surface area contributed by atoms with Crippen LogP contribution in [0.15, 0.2) is 0 Å². The molecule has 1 radical (unpaired) electrons. The van der Waals surface area contributed by atoms with Gasteiger partial charge in [0.25, 0.3) is 0 Å². The molecule has 0 spiro atoms. The van der Waals surface area contributed by atoms with Crippen molar-refractivity contribution < 1.29 is 9.53 Å². The van der Waals surface area contributed by atoms with Crippen molar-refractivity contribution in [2.75, 3.05) is 13.1 Å². The van der Waals surface area contributed by atoms with Gasteiger partial charge >= 0.3 is 5.97 Å². The Bertz CT molecular complexity index is 102. The number of carbonyl (C=O) groups excluding carboxylic acids is 1. The summed E-state index contributed by atoms with van der Waals surface area (Å²) in [7, 11) is 0. The Hall–Kier alpha value is -0.570. The molecule has 0 aliphatic carbocycles. The zero-order valence-corrected chi connectivity index (χ0v) is 6.76. The average molecular weight is 144 g/mol. The van der Waals surface area contributed by atoms with Crippen molar-refractivity contribution in [3.63, 3.8) is 0 Å². The lowest BCUT2D eigenvalue weighted by Gasteiger charge is -2.06. The second kappa shape index (κ2) is 5.23. The third-order valence-corrected chi connectivity index (χ3v) is 0.832. The molecule has 0 aromatic heterocycles. The first kappa shape index (κ1) is 9.43. The minimum absolute atomic E-state index is 0.0282. The minimum atomic E-state index is -0.239. The Morgan fingerprint density at radius 2 is 2.20 bits per heavy atom. The highest BCUT2D eigenvalue weighted by atomic mass is 16.5. The van der Waals surface area contributed by atoms with Gasteiger partial charge in [-0.05, 0) is 13.8 Å². The molecule has 0 heterocycles. The quantitative estimate of drug-likeness (QED) is 0.541. The molecular weight excluding hydrogens is 130 g/mol. The molecular formula is C7H14NO2. The van der Waals surface area contributed by atoms with E-state index in [0.29, 0.717) is 6.54 Å². The van der Waals surface area contributed by atoms with Gasteiger partial charge in [-0.3, -0.25) is 4.79 Å². The number of ether oxygens (including phenoxy) is 1. The lowest BCUT2D eigenvalue weighted by Crippen LogP contribution is -2.21. The van der Waals surface area contributed by atoms with E-state index in [-0.39, 0.29) is 18.6 Å². The monoisotopic (exact) mass is 144 g/mol. The number of hydrogen-bond donors (Lipinski definition) is 0. The van der Waals surface area contributed by atoms with Gasteiger partial charge in [0.1, 0.15) is 6.54 Å². The van der Waals surface area contributed by atoms with Gasteiger partial charge in [-0.1, -0.05) is 6.92 Å². The third-order valence-electron chi connectivity index (χ3n) is 0.832. The van der Waals surface area contributed by atoms with Crippen LogP contribution in [0.3, 0.4) is 0 Å². The first-order chi connectivity index (χ1) is 4.66. The fourth-order valence-electron chi connectivity index (χ4n) is 0.503. The molecule has 0 atom stereocenters. The van der Waals surface area contributed by atoms with E-state index >= 15 is 0 Å². The zero-order chi connectivity index (χ0) is 7.98. The zero-order valence-electron chi connectivity index (χ0n) is 6.76. The summed E-state index contributed by atoms with van der Waals surface area (Å²) in [6, 6.07) is 0. The number of nitrogens with zero attached hydrogens (tertiary/aromatic N) is 1. The summed E-state index contributed by atoms with van der Waals surface area (Å²) in [5.74, 6) is -0.239. The fraction of sp³-hybridized carbons (Fsp3) is 0.857. The van der Waals surface area contributed by atoms with E-state index in [2.05, 4.69) is 5.32 Å². The second-order valence-corrected chi connectivity index (χ2v) is 2.24. The molecule has 0 aliphatic rings. The van der Waals surface area contributed by atoms with Gasteiger partial charge in [-0.25, -0.2) is 5.32 Å². The van der Waals surface area contributed by atoms with Crippen LogP contribution in [-0.4, -0.2) is 25.2 Å². The van der Waals surface area contributed by atoms with E-state index in [0.717, 1.165) is 0 Å². The summed E-state index contributed by atoms with van der Waals surface area (Å²) in [5.41, 5.74) is 0. The molecule has 0 fully saturated rings. The highest BCUT2D eigenvalue weighted by Gasteiger charge is 2.03. The van der Waals surface area contributed by atoms with Crippen molar-refractivity contribution in [2.45, 2.75) is 26.9 Å². The van der Waals surface area contributed by atoms with E-state index in [1.807, 2.05) is 20.8 Å². The SMILES string of the molecule is CC[N]CC(=O)OC(C)C. The summed E-state index contributed by atoms with van der Waals surface area (Å²) >= 11 is 0. The number of rotatable bonds is 4. The molecule has 3 nitrogen and oxygen atoms in total. The van der Waals surface area contributed by atoms with E-state index in [1.165, 1.54) is 0 Å². The average Bonchev–Trinajstić information content (AvgIpc) is 1.82. The van der Waals surface area contributed by atoms with Crippen LogP contribution in [0.2, 0.25) is 0 Å². The first-order valence-corrected chi connectivity index (χ1v) is 3.49. The van der Waals surface area contributed by atoms with Crippen molar-refractivity contribution in [2.24, 2.45) is 0 Å². The van der Waals surface area contributed by atoms with Crippen LogP contribution in [0.4, 0.5) is 0 Å². The van der Waals surface area contributed by atoms with Crippen LogP contribution in [0, 0.1) is 0 Å². The Balaban J connectivity index is 3.26. The van der Waals surface area contributed by atoms with Crippen LogP contribution >= 0.6 is 0 Å². The van der Waals surface area contributed by atoms with Gasteiger partial charge in [0, 0.05) is 6.54 Å². The molecule has 59 valence electrons. The van der Waals surface area contributed by atoms with E-state index in [1.54, 1.807) is 0 Å². The van der Waals surface area contributed by atoms with Crippen molar-refractivity contribution in [1.29, 1.82) is 0 Å². The predicted molar refractivity (Wildman–Crippen MR) is 38.8 cm³/mol. The van der Waals surface area contributed by atoms with Crippen LogP contribution < -0.4 is 5.32 Å². The maximum atomic E-state index is 10.7. The van der Waals surface area contributed by atoms with Crippen LogP contribution in [0.1, 0.15) is 20.8 Å². The highest BCUT2D eigenvalue weighted by molar-refractivity contribution is 5.71. The molecule has 0 saturated carbocycles. The normalized spacial score (nSPS) is 10.0. The van der Waals surface area contributed by atoms with Gasteiger partial charge in [0.2, 0.25) is 0 Å². The summed E-state index contributed by atoms with van der Waals surface area (Å²) in [4.78, 5) is 10.7. The van der Waals surface area contributed by atoms with Crippen molar-refractivity contribution >= 4 is 5.97 Å². The maximum absolute atomic E-state index is 10.7. The summed E-state index contributed by atoms with van der Waals surface area (Å²) < 4.78 is 4.82. The molecule has 0 amide bonds. The molecule has 0 unspecified atom stereocenters. The largest absolute Gasteiger partial charge is 0.462 e. The van der Waals surface area contributed by atoms with E-state index < -0.39 is 0 Å². The van der Waals surface area contributed by atoms with Gasteiger partial charge < -0.3 is 4.74 Å². The number of esters is 1. The topological polar surface area (TPSA) is 40.4 Å². The Labute approximate surface area is 61.8 Å². The molecule has 0 N–H and O–H groups in total. The molecule has 0 aromatic carbocycles. The smallest absolute Gasteiger partial charge is 0.321 e. The van der Waals surface area contributed by atoms with Gasteiger partial charge in [0.15, 0.2) is 0 Å². The third kappa shape index (κ3) is 5.56.